The molecule has 0 radical (unpaired) electrons. The van der Waals surface area contributed by atoms with E-state index in [0.717, 1.165) is 0 Å². The lowest BCUT2D eigenvalue weighted by Gasteiger charge is -2.38. The molecule has 0 unspecified atom stereocenters. The molecular weight excluding hydrogens is 297 g/mol. The molecule has 0 aliphatic carbocycles. The van der Waals surface area contributed by atoms with Gasteiger partial charge in [-0.3, -0.25) is 4.90 Å². The molecule has 0 saturated carbocycles. The molecule has 22 heavy (non-hydrogen) atoms. The number of alkyl halides is 3. The van der Waals surface area contributed by atoms with Crippen LogP contribution in [0.3, 0.4) is 0 Å². The number of fused-ring (bicyclic) bond motifs is 1. The molecule has 1 saturated heterocycles. The topological polar surface area (TPSA) is 58.4 Å². The van der Waals surface area contributed by atoms with Crippen LogP contribution in [0, 0.1) is 6.92 Å². The Balaban J connectivity index is 1.69. The van der Waals surface area contributed by atoms with Gasteiger partial charge < -0.3 is 5.32 Å². The zero-order chi connectivity index (χ0) is 15.9. The summed E-state index contributed by atoms with van der Waals surface area (Å²) in [6.45, 7) is 2.12. The predicted molar refractivity (Wildman–Crippen MR) is 74.6 cm³/mol. The number of halogens is 3. The smallest absolute Gasteiger partial charge is 0.365 e. The summed E-state index contributed by atoms with van der Waals surface area (Å²) < 4.78 is 40.1. The second kappa shape index (κ2) is 5.38. The molecule has 1 fully saturated rings. The summed E-state index contributed by atoms with van der Waals surface area (Å²) in [4.78, 5) is 1.35. The van der Waals surface area contributed by atoms with Crippen LogP contribution in [-0.4, -0.2) is 56.6 Å². The molecule has 0 bridgehead atoms. The van der Waals surface area contributed by atoms with E-state index in [1.54, 1.807) is 23.6 Å². The van der Waals surface area contributed by atoms with E-state index in [-0.39, 0.29) is 12.5 Å². The number of aryl methyl sites for hydroxylation is 1. The summed E-state index contributed by atoms with van der Waals surface area (Å²) in [5.41, 5.74) is 0.640. The number of likely N-dealkylation sites (N-methyl/N-ethyl adjacent to an activating group) is 1. The first-order chi connectivity index (χ1) is 10.3. The normalized spacial score (nSPS) is 23.9. The van der Waals surface area contributed by atoms with Crippen LogP contribution in [0.4, 0.5) is 19.0 Å². The minimum atomic E-state index is -4.17. The summed E-state index contributed by atoms with van der Waals surface area (Å²) >= 11 is 0. The predicted octanol–water partition coefficient (Wildman–Crippen LogP) is 1.87. The Kier molecular flexibility index (Phi) is 3.67. The van der Waals surface area contributed by atoms with E-state index >= 15 is 0 Å². The molecular formula is C13H17F3N6. The fraction of sp³-hybridized carbons (Fsp3) is 0.615. The van der Waals surface area contributed by atoms with Crippen LogP contribution in [0.5, 0.6) is 0 Å². The molecule has 1 N–H and O–H groups in total. The molecule has 3 heterocycles. The molecule has 6 nitrogen and oxygen atoms in total. The van der Waals surface area contributed by atoms with Gasteiger partial charge in [0.05, 0.1) is 0 Å². The number of hydrogen-bond donors (Lipinski definition) is 1. The minimum Gasteiger partial charge on any atom is -0.365 e. The van der Waals surface area contributed by atoms with Crippen molar-refractivity contribution in [3.8, 4) is 0 Å². The van der Waals surface area contributed by atoms with Gasteiger partial charge in [0, 0.05) is 12.6 Å². The highest BCUT2D eigenvalue weighted by atomic mass is 19.4. The number of piperidine rings is 1. The van der Waals surface area contributed by atoms with E-state index in [9.17, 15) is 13.2 Å². The van der Waals surface area contributed by atoms with Crippen LogP contribution >= 0.6 is 0 Å². The number of likely N-dealkylation sites (tertiary alicyclic amines) is 1. The number of rotatable bonds is 2. The number of nitrogens with zero attached hydrogens (tertiary/aromatic N) is 5. The second-order valence-electron chi connectivity index (χ2n) is 5.65. The fourth-order valence-corrected chi connectivity index (χ4v) is 2.86. The van der Waals surface area contributed by atoms with Crippen molar-refractivity contribution in [2.24, 2.45) is 0 Å². The van der Waals surface area contributed by atoms with Gasteiger partial charge in [-0.05, 0) is 38.9 Å². The minimum absolute atomic E-state index is 0.0645. The molecule has 1 aliphatic heterocycles. The number of anilines is 1. The highest BCUT2D eigenvalue weighted by molar-refractivity contribution is 5.44. The molecule has 0 spiro atoms. The molecule has 1 aliphatic rings. The van der Waals surface area contributed by atoms with Gasteiger partial charge in [-0.2, -0.15) is 17.7 Å². The van der Waals surface area contributed by atoms with Gasteiger partial charge in [0.25, 0.3) is 0 Å². The third kappa shape index (κ3) is 2.85. The first-order valence-electron chi connectivity index (χ1n) is 7.07. The first-order valence-corrected chi connectivity index (χ1v) is 7.07. The van der Waals surface area contributed by atoms with E-state index < -0.39 is 12.2 Å². The molecule has 3 rings (SSSR count). The third-order valence-electron chi connectivity index (χ3n) is 3.98. The van der Waals surface area contributed by atoms with Crippen molar-refractivity contribution < 1.29 is 13.2 Å². The molecule has 0 amide bonds. The van der Waals surface area contributed by atoms with E-state index in [1.165, 1.54) is 11.9 Å². The molecule has 9 heteroatoms. The first kappa shape index (κ1) is 15.0. The van der Waals surface area contributed by atoms with Gasteiger partial charge in [0.1, 0.15) is 11.9 Å². The maximum absolute atomic E-state index is 12.8. The van der Waals surface area contributed by atoms with Crippen LogP contribution in [0.15, 0.2) is 12.1 Å². The van der Waals surface area contributed by atoms with E-state index in [2.05, 4.69) is 20.6 Å². The summed E-state index contributed by atoms with van der Waals surface area (Å²) in [5.74, 6) is 1.27. The van der Waals surface area contributed by atoms with Gasteiger partial charge in [-0.15, -0.1) is 15.3 Å². The van der Waals surface area contributed by atoms with Crippen LogP contribution in [0.25, 0.3) is 5.65 Å². The molecule has 120 valence electrons. The lowest BCUT2D eigenvalue weighted by Crippen LogP contribution is -2.52. The summed E-state index contributed by atoms with van der Waals surface area (Å²) in [6.07, 6.45) is -3.63. The highest BCUT2D eigenvalue weighted by Gasteiger charge is 2.44. The number of nitrogens with one attached hydrogen (secondary N) is 1. The maximum atomic E-state index is 12.8. The van der Waals surface area contributed by atoms with Crippen molar-refractivity contribution in [2.45, 2.75) is 38.0 Å². The van der Waals surface area contributed by atoms with Crippen LogP contribution in [0.2, 0.25) is 0 Å². The Morgan fingerprint density at radius 1 is 1.23 bits per heavy atom. The zero-order valence-electron chi connectivity index (χ0n) is 12.3. The van der Waals surface area contributed by atoms with E-state index in [1.807, 2.05) is 0 Å². The average molecular weight is 314 g/mol. The molecule has 2 aromatic heterocycles. The standard InChI is InChI=1S/C13H17F3N6/c1-8-18-19-12-6-5-11(20-22(8)12)17-9-3-4-10(13(14,15)16)21(2)7-9/h5-6,9-10H,3-4,7H2,1-2H3,(H,17,20)/t9-,10+/m0/s1. The summed E-state index contributed by atoms with van der Waals surface area (Å²) in [7, 11) is 1.51. The van der Waals surface area contributed by atoms with E-state index in [0.29, 0.717) is 30.3 Å². The Morgan fingerprint density at radius 2 is 2.00 bits per heavy atom. The van der Waals surface area contributed by atoms with Crippen molar-refractivity contribution in [3.05, 3.63) is 18.0 Å². The average Bonchev–Trinajstić information content (AvgIpc) is 2.79. The quantitative estimate of drug-likeness (QED) is 0.917. The number of aromatic nitrogens is 4. The SMILES string of the molecule is Cc1nnc2ccc(N[C@H]3CC[C@H](C(F)(F)F)N(C)C3)nn12. The Bertz CT molecular complexity index is 667. The van der Waals surface area contributed by atoms with Crippen molar-refractivity contribution in [1.29, 1.82) is 0 Å². The van der Waals surface area contributed by atoms with Gasteiger partial charge in [-0.1, -0.05) is 0 Å². The van der Waals surface area contributed by atoms with Crippen LogP contribution in [-0.2, 0) is 0 Å². The van der Waals surface area contributed by atoms with Crippen LogP contribution < -0.4 is 5.32 Å². The van der Waals surface area contributed by atoms with Crippen molar-refractivity contribution in [2.75, 3.05) is 18.9 Å². The summed E-state index contributed by atoms with van der Waals surface area (Å²) in [6, 6.07) is 2.12. The second-order valence-corrected chi connectivity index (χ2v) is 5.65. The monoisotopic (exact) mass is 314 g/mol. The molecule has 0 aromatic carbocycles. The summed E-state index contributed by atoms with van der Waals surface area (Å²) in [5, 5.41) is 15.4. The van der Waals surface area contributed by atoms with Crippen molar-refractivity contribution >= 4 is 11.5 Å². The Hall–Kier alpha value is -1.90. The lowest BCUT2D eigenvalue weighted by molar-refractivity contribution is -0.187. The van der Waals surface area contributed by atoms with Crippen molar-refractivity contribution in [3.63, 3.8) is 0 Å². The number of hydrogen-bond acceptors (Lipinski definition) is 5. The maximum Gasteiger partial charge on any atom is 0.404 e. The van der Waals surface area contributed by atoms with Gasteiger partial charge in [-0.25, -0.2) is 0 Å². The lowest BCUT2D eigenvalue weighted by atomic mass is 9.98. The zero-order valence-corrected chi connectivity index (χ0v) is 12.3. The third-order valence-corrected chi connectivity index (χ3v) is 3.98. The highest BCUT2D eigenvalue weighted by Crippen LogP contribution is 2.31. The Morgan fingerprint density at radius 3 is 2.68 bits per heavy atom. The van der Waals surface area contributed by atoms with E-state index in [4.69, 9.17) is 0 Å². The van der Waals surface area contributed by atoms with Gasteiger partial charge in [0.2, 0.25) is 0 Å². The van der Waals surface area contributed by atoms with Gasteiger partial charge in [0.15, 0.2) is 11.5 Å². The van der Waals surface area contributed by atoms with Gasteiger partial charge >= 0.3 is 6.18 Å². The largest absolute Gasteiger partial charge is 0.404 e. The Labute approximate surface area is 125 Å². The van der Waals surface area contributed by atoms with Crippen LogP contribution in [0.1, 0.15) is 18.7 Å². The van der Waals surface area contributed by atoms with Crippen molar-refractivity contribution in [1.82, 2.24) is 24.7 Å². The molecule has 2 aromatic rings. The fourth-order valence-electron chi connectivity index (χ4n) is 2.86. The molecule has 2 atom stereocenters.